The predicted molar refractivity (Wildman–Crippen MR) is 43.0 cm³/mol. The molecule has 1 atom stereocenters. The summed E-state index contributed by atoms with van der Waals surface area (Å²) in [5.74, 6) is 1.13. The SMILES string of the molecule is BrC1C=CCc2nccn21. The molecule has 1 aliphatic rings. The molecule has 0 spiro atoms. The normalized spacial score (nSPS) is 22.7. The van der Waals surface area contributed by atoms with Gasteiger partial charge in [0.25, 0.3) is 0 Å². The average molecular weight is 199 g/mol. The van der Waals surface area contributed by atoms with E-state index in [0.717, 1.165) is 12.2 Å². The van der Waals surface area contributed by atoms with Gasteiger partial charge >= 0.3 is 0 Å². The highest BCUT2D eigenvalue weighted by molar-refractivity contribution is 9.09. The summed E-state index contributed by atoms with van der Waals surface area (Å²) in [6.45, 7) is 0. The van der Waals surface area contributed by atoms with E-state index in [-0.39, 0.29) is 0 Å². The Labute approximate surface area is 67.7 Å². The van der Waals surface area contributed by atoms with Gasteiger partial charge in [0.15, 0.2) is 0 Å². The van der Waals surface area contributed by atoms with Gasteiger partial charge in [-0.05, 0) is 0 Å². The van der Waals surface area contributed by atoms with Crippen molar-refractivity contribution in [1.82, 2.24) is 9.55 Å². The van der Waals surface area contributed by atoms with Crippen molar-refractivity contribution in [3.63, 3.8) is 0 Å². The molecule has 1 aromatic heterocycles. The van der Waals surface area contributed by atoms with E-state index in [0.29, 0.717) is 4.95 Å². The molecule has 10 heavy (non-hydrogen) atoms. The van der Waals surface area contributed by atoms with Crippen LogP contribution in [0.4, 0.5) is 0 Å². The van der Waals surface area contributed by atoms with E-state index in [2.05, 4.69) is 37.6 Å². The van der Waals surface area contributed by atoms with Gasteiger partial charge in [-0.1, -0.05) is 28.1 Å². The third-order valence-corrected chi connectivity index (χ3v) is 2.36. The first-order chi connectivity index (χ1) is 4.88. The second-order valence-electron chi connectivity index (χ2n) is 2.26. The minimum Gasteiger partial charge on any atom is -0.318 e. The highest BCUT2D eigenvalue weighted by Gasteiger charge is 2.10. The Balaban J connectivity index is 2.48. The molecule has 1 aromatic rings. The lowest BCUT2D eigenvalue weighted by molar-refractivity contribution is 0.730. The summed E-state index contributed by atoms with van der Waals surface area (Å²) in [6, 6.07) is 0. The summed E-state index contributed by atoms with van der Waals surface area (Å²) in [5, 5.41) is 0. The van der Waals surface area contributed by atoms with Crippen LogP contribution in [0.25, 0.3) is 0 Å². The van der Waals surface area contributed by atoms with Gasteiger partial charge in [0.2, 0.25) is 0 Å². The third-order valence-electron chi connectivity index (χ3n) is 1.61. The van der Waals surface area contributed by atoms with Crippen LogP contribution in [0.1, 0.15) is 10.8 Å². The molecule has 0 radical (unpaired) electrons. The van der Waals surface area contributed by atoms with Gasteiger partial charge in [-0.25, -0.2) is 4.98 Å². The standard InChI is InChI=1S/C7H7BrN2/c8-6-2-1-3-7-9-4-5-10(6)7/h1-2,4-6H,3H2. The van der Waals surface area contributed by atoms with Crippen molar-refractivity contribution in [1.29, 1.82) is 0 Å². The number of rotatable bonds is 0. The van der Waals surface area contributed by atoms with Crippen molar-refractivity contribution in [3.05, 3.63) is 30.4 Å². The molecule has 2 rings (SSSR count). The lowest BCUT2D eigenvalue weighted by atomic mass is 10.3. The number of halogens is 1. The number of aromatic nitrogens is 2. The average Bonchev–Trinajstić information content (AvgIpc) is 2.36. The maximum atomic E-state index is 4.19. The fraction of sp³-hybridized carbons (Fsp3) is 0.286. The second kappa shape index (κ2) is 2.23. The monoisotopic (exact) mass is 198 g/mol. The molecule has 0 fully saturated rings. The summed E-state index contributed by atoms with van der Waals surface area (Å²) in [7, 11) is 0. The fourth-order valence-corrected chi connectivity index (χ4v) is 1.69. The van der Waals surface area contributed by atoms with E-state index in [1.165, 1.54) is 0 Å². The number of hydrogen-bond donors (Lipinski definition) is 0. The Morgan fingerprint density at radius 2 is 2.60 bits per heavy atom. The number of nitrogens with zero attached hydrogens (tertiary/aromatic N) is 2. The van der Waals surface area contributed by atoms with Crippen molar-refractivity contribution < 1.29 is 0 Å². The molecule has 0 aromatic carbocycles. The highest BCUT2D eigenvalue weighted by Crippen LogP contribution is 2.22. The molecule has 0 saturated heterocycles. The van der Waals surface area contributed by atoms with Crippen LogP contribution < -0.4 is 0 Å². The Bertz CT molecular complexity index is 264. The van der Waals surface area contributed by atoms with Gasteiger partial charge < -0.3 is 4.57 Å². The van der Waals surface area contributed by atoms with E-state index in [9.17, 15) is 0 Å². The van der Waals surface area contributed by atoms with Crippen LogP contribution in [0.5, 0.6) is 0 Å². The Morgan fingerprint density at radius 3 is 3.40 bits per heavy atom. The van der Waals surface area contributed by atoms with Gasteiger partial charge in [0, 0.05) is 18.8 Å². The van der Waals surface area contributed by atoms with Crippen LogP contribution in [0.2, 0.25) is 0 Å². The minimum absolute atomic E-state index is 0.304. The van der Waals surface area contributed by atoms with E-state index in [1.54, 1.807) is 0 Å². The van der Waals surface area contributed by atoms with Gasteiger partial charge in [-0.2, -0.15) is 0 Å². The summed E-state index contributed by atoms with van der Waals surface area (Å²) in [4.78, 5) is 4.49. The van der Waals surface area contributed by atoms with Crippen molar-refractivity contribution in [2.24, 2.45) is 0 Å². The lowest BCUT2D eigenvalue weighted by Gasteiger charge is -2.13. The van der Waals surface area contributed by atoms with Crippen LogP contribution >= 0.6 is 15.9 Å². The molecule has 0 N–H and O–H groups in total. The molecular formula is C7H7BrN2. The minimum atomic E-state index is 0.304. The van der Waals surface area contributed by atoms with Crippen LogP contribution in [-0.2, 0) is 6.42 Å². The first kappa shape index (κ1) is 6.16. The first-order valence-electron chi connectivity index (χ1n) is 3.20. The van der Waals surface area contributed by atoms with Crippen molar-refractivity contribution in [2.75, 3.05) is 0 Å². The Kier molecular flexibility index (Phi) is 1.38. The number of alkyl halides is 1. The van der Waals surface area contributed by atoms with Crippen molar-refractivity contribution >= 4 is 15.9 Å². The van der Waals surface area contributed by atoms with Gasteiger partial charge in [0.05, 0.1) is 0 Å². The summed E-state index contributed by atoms with van der Waals surface area (Å²) < 4.78 is 2.11. The van der Waals surface area contributed by atoms with Gasteiger partial charge in [-0.15, -0.1) is 0 Å². The molecule has 0 bridgehead atoms. The number of fused-ring (bicyclic) bond motifs is 1. The maximum Gasteiger partial charge on any atom is 0.113 e. The zero-order chi connectivity index (χ0) is 6.97. The summed E-state index contributed by atoms with van der Waals surface area (Å²) in [5.41, 5.74) is 0. The quantitative estimate of drug-likeness (QED) is 0.460. The molecule has 0 amide bonds. The van der Waals surface area contributed by atoms with Gasteiger partial charge in [0.1, 0.15) is 10.8 Å². The first-order valence-corrected chi connectivity index (χ1v) is 4.12. The topological polar surface area (TPSA) is 17.8 Å². The predicted octanol–water partition coefficient (Wildman–Crippen LogP) is 1.89. The van der Waals surface area contributed by atoms with Crippen LogP contribution in [0, 0.1) is 0 Å². The van der Waals surface area contributed by atoms with Crippen molar-refractivity contribution in [2.45, 2.75) is 11.4 Å². The molecule has 2 heterocycles. The summed E-state index contributed by atoms with van der Waals surface area (Å²) >= 11 is 3.50. The van der Waals surface area contributed by atoms with Crippen LogP contribution in [-0.4, -0.2) is 9.55 Å². The molecule has 1 unspecified atom stereocenters. The second-order valence-corrected chi connectivity index (χ2v) is 3.19. The van der Waals surface area contributed by atoms with E-state index >= 15 is 0 Å². The number of imidazole rings is 1. The smallest absolute Gasteiger partial charge is 0.113 e. The molecule has 3 heteroatoms. The molecule has 0 saturated carbocycles. The lowest BCUT2D eigenvalue weighted by Crippen LogP contribution is -2.07. The number of allylic oxidation sites excluding steroid dienone is 2. The molecule has 0 aliphatic carbocycles. The number of hydrogen-bond acceptors (Lipinski definition) is 1. The molecule has 2 nitrogen and oxygen atoms in total. The van der Waals surface area contributed by atoms with Crippen molar-refractivity contribution in [3.8, 4) is 0 Å². The van der Waals surface area contributed by atoms with E-state index in [4.69, 9.17) is 0 Å². The molecule has 52 valence electrons. The molecule has 1 aliphatic heterocycles. The molecular weight excluding hydrogens is 192 g/mol. The summed E-state index contributed by atoms with van der Waals surface area (Å²) in [6.07, 6.45) is 9.01. The third kappa shape index (κ3) is 0.814. The van der Waals surface area contributed by atoms with E-state index < -0.39 is 0 Å². The maximum absolute atomic E-state index is 4.19. The van der Waals surface area contributed by atoms with Crippen LogP contribution in [0.15, 0.2) is 24.5 Å². The van der Waals surface area contributed by atoms with Crippen LogP contribution in [0.3, 0.4) is 0 Å². The zero-order valence-electron chi connectivity index (χ0n) is 5.37. The fourth-order valence-electron chi connectivity index (χ4n) is 1.11. The Morgan fingerprint density at radius 1 is 1.70 bits per heavy atom. The van der Waals surface area contributed by atoms with E-state index in [1.807, 2.05) is 12.4 Å². The Hall–Kier alpha value is -0.570. The largest absolute Gasteiger partial charge is 0.318 e. The van der Waals surface area contributed by atoms with Gasteiger partial charge in [-0.3, -0.25) is 0 Å². The highest BCUT2D eigenvalue weighted by atomic mass is 79.9. The zero-order valence-corrected chi connectivity index (χ0v) is 6.95.